The Balaban J connectivity index is 1.94. The average Bonchev–Trinajstić information content (AvgIpc) is 2.93. The Bertz CT molecular complexity index is 715. The van der Waals surface area contributed by atoms with Crippen LogP contribution in [0.1, 0.15) is 43.2 Å². The molecule has 0 aromatic heterocycles. The van der Waals surface area contributed by atoms with Gasteiger partial charge in [-0.1, -0.05) is 67.1 Å². The first-order valence-electron chi connectivity index (χ1n) is 8.55. The Kier molecular flexibility index (Phi) is 3.85. The third kappa shape index (κ3) is 2.60. The molecule has 3 nitrogen and oxygen atoms in total. The van der Waals surface area contributed by atoms with Gasteiger partial charge in [0.25, 0.3) is 0 Å². The molecule has 2 aliphatic rings. The van der Waals surface area contributed by atoms with Gasteiger partial charge in [-0.3, -0.25) is 0 Å². The summed E-state index contributed by atoms with van der Waals surface area (Å²) in [7, 11) is 0. The van der Waals surface area contributed by atoms with Gasteiger partial charge in [0.15, 0.2) is 11.4 Å². The van der Waals surface area contributed by atoms with Gasteiger partial charge in [-0.15, -0.1) is 0 Å². The predicted octanol–water partition coefficient (Wildman–Crippen LogP) is 5.32. The van der Waals surface area contributed by atoms with Crippen molar-refractivity contribution in [1.82, 2.24) is 0 Å². The highest BCUT2D eigenvalue weighted by Gasteiger charge is 2.49. The summed E-state index contributed by atoms with van der Waals surface area (Å²) in [5, 5.41) is 0. The molecule has 1 spiro atoms. The van der Waals surface area contributed by atoms with E-state index in [9.17, 15) is 4.79 Å². The van der Waals surface area contributed by atoms with E-state index in [1.54, 1.807) is 0 Å². The summed E-state index contributed by atoms with van der Waals surface area (Å²) in [4.78, 5) is 12.0. The van der Waals surface area contributed by atoms with E-state index in [-0.39, 0.29) is 0 Å². The minimum absolute atomic E-state index is 0.573. The molecule has 0 radical (unpaired) electrons. The lowest BCUT2D eigenvalue weighted by Gasteiger charge is -2.31. The van der Waals surface area contributed by atoms with Crippen LogP contribution in [0.3, 0.4) is 0 Å². The number of benzene rings is 2. The van der Waals surface area contributed by atoms with Crippen molar-refractivity contribution in [3.63, 3.8) is 0 Å². The normalized spacial score (nSPS) is 19.0. The van der Waals surface area contributed by atoms with E-state index in [1.165, 1.54) is 6.42 Å². The van der Waals surface area contributed by atoms with Crippen LogP contribution in [0.4, 0.5) is 4.79 Å². The number of hydrogen-bond donors (Lipinski definition) is 0. The third-order valence-corrected chi connectivity index (χ3v) is 4.89. The molecule has 0 amide bonds. The van der Waals surface area contributed by atoms with Gasteiger partial charge in [-0.2, -0.15) is 0 Å². The maximum atomic E-state index is 12.0. The molecule has 0 N–H and O–H groups in total. The molecule has 1 saturated carbocycles. The molecule has 0 atom stereocenters. The summed E-state index contributed by atoms with van der Waals surface area (Å²) in [6, 6.07) is 20.2. The number of hydrogen-bond acceptors (Lipinski definition) is 3. The molecular formula is C21H20O3. The molecule has 2 aromatic rings. The standard InChI is InChI=1S/C21H20O3/c22-20-23-19(21(24-20)14-8-3-9-15-21)18(16-10-4-1-5-11-16)17-12-6-2-7-13-17/h1-2,4-7,10-13H,3,8-9,14-15H2. The van der Waals surface area contributed by atoms with Gasteiger partial charge in [-0.25, -0.2) is 4.79 Å². The largest absolute Gasteiger partial charge is 0.514 e. The molecule has 1 aliphatic heterocycles. The Labute approximate surface area is 141 Å². The molecule has 2 aromatic carbocycles. The molecule has 24 heavy (non-hydrogen) atoms. The number of cyclic esters (lactones) is 1. The van der Waals surface area contributed by atoms with Crippen LogP contribution in [0.25, 0.3) is 5.57 Å². The highest BCUT2D eigenvalue weighted by atomic mass is 16.8. The minimum atomic E-state index is -0.601. The van der Waals surface area contributed by atoms with Crippen molar-refractivity contribution in [2.24, 2.45) is 0 Å². The highest BCUT2D eigenvalue weighted by Crippen LogP contribution is 2.47. The van der Waals surface area contributed by atoms with Crippen molar-refractivity contribution in [1.29, 1.82) is 0 Å². The molecule has 3 heteroatoms. The molecule has 1 aliphatic carbocycles. The van der Waals surface area contributed by atoms with E-state index >= 15 is 0 Å². The molecule has 0 bridgehead atoms. The van der Waals surface area contributed by atoms with E-state index in [2.05, 4.69) is 24.3 Å². The summed E-state index contributed by atoms with van der Waals surface area (Å²) in [5.41, 5.74) is 2.45. The van der Waals surface area contributed by atoms with Gasteiger partial charge in [0.1, 0.15) is 0 Å². The lowest BCUT2D eigenvalue weighted by atomic mass is 9.80. The van der Waals surface area contributed by atoms with Gasteiger partial charge in [0, 0.05) is 5.57 Å². The van der Waals surface area contributed by atoms with Gasteiger partial charge >= 0.3 is 6.16 Å². The van der Waals surface area contributed by atoms with E-state index < -0.39 is 11.8 Å². The van der Waals surface area contributed by atoms with Crippen molar-refractivity contribution < 1.29 is 14.3 Å². The van der Waals surface area contributed by atoms with Gasteiger partial charge in [-0.05, 0) is 36.8 Å². The van der Waals surface area contributed by atoms with Crippen molar-refractivity contribution in [3.8, 4) is 0 Å². The van der Waals surface area contributed by atoms with Gasteiger partial charge in [0.2, 0.25) is 0 Å². The number of carbonyl (C=O) groups excluding carboxylic acids is 1. The number of rotatable bonds is 2. The smallest absolute Gasteiger partial charge is 0.419 e. The van der Waals surface area contributed by atoms with Crippen molar-refractivity contribution in [3.05, 3.63) is 77.5 Å². The first-order valence-corrected chi connectivity index (χ1v) is 8.55. The van der Waals surface area contributed by atoms with E-state index in [0.29, 0.717) is 5.76 Å². The summed E-state index contributed by atoms with van der Waals surface area (Å²) in [5.74, 6) is 0.685. The SMILES string of the molecule is O=C1OC(=C(c2ccccc2)c2ccccc2)C2(CCCCC2)O1. The van der Waals surface area contributed by atoms with E-state index in [0.717, 1.165) is 42.4 Å². The maximum Gasteiger partial charge on any atom is 0.514 e. The molecule has 1 saturated heterocycles. The average molecular weight is 320 g/mol. The Hall–Kier alpha value is -2.55. The lowest BCUT2D eigenvalue weighted by Crippen LogP contribution is -2.33. The number of ether oxygens (including phenoxy) is 2. The van der Waals surface area contributed by atoms with Crippen LogP contribution in [0.5, 0.6) is 0 Å². The first-order chi connectivity index (χ1) is 11.8. The zero-order chi connectivity index (χ0) is 16.4. The van der Waals surface area contributed by atoms with Crippen LogP contribution in [0, 0.1) is 0 Å². The van der Waals surface area contributed by atoms with Gasteiger partial charge < -0.3 is 9.47 Å². The van der Waals surface area contributed by atoms with Crippen LogP contribution >= 0.6 is 0 Å². The van der Waals surface area contributed by atoms with Crippen molar-refractivity contribution >= 4 is 11.7 Å². The summed E-state index contributed by atoms with van der Waals surface area (Å²) in [6.45, 7) is 0. The molecular weight excluding hydrogens is 300 g/mol. The second-order valence-electron chi connectivity index (χ2n) is 6.45. The van der Waals surface area contributed by atoms with Crippen LogP contribution in [-0.2, 0) is 9.47 Å². The zero-order valence-electron chi connectivity index (χ0n) is 13.5. The van der Waals surface area contributed by atoms with E-state index in [4.69, 9.17) is 9.47 Å². The van der Waals surface area contributed by atoms with E-state index in [1.807, 2.05) is 36.4 Å². The molecule has 122 valence electrons. The Morgan fingerprint density at radius 3 is 1.88 bits per heavy atom. The summed E-state index contributed by atoms with van der Waals surface area (Å²) >= 11 is 0. The monoisotopic (exact) mass is 320 g/mol. The zero-order valence-corrected chi connectivity index (χ0v) is 13.5. The van der Waals surface area contributed by atoms with Crippen LogP contribution < -0.4 is 0 Å². The fourth-order valence-electron chi connectivity index (χ4n) is 3.77. The van der Waals surface area contributed by atoms with Crippen LogP contribution in [-0.4, -0.2) is 11.8 Å². The summed E-state index contributed by atoms with van der Waals surface area (Å²) in [6.07, 6.45) is 4.37. The summed E-state index contributed by atoms with van der Waals surface area (Å²) < 4.78 is 11.4. The Morgan fingerprint density at radius 2 is 1.33 bits per heavy atom. The maximum absolute atomic E-state index is 12.0. The fourth-order valence-corrected chi connectivity index (χ4v) is 3.77. The molecule has 1 heterocycles. The quantitative estimate of drug-likeness (QED) is 0.703. The second-order valence-corrected chi connectivity index (χ2v) is 6.45. The second kappa shape index (κ2) is 6.16. The fraction of sp³-hybridized carbons (Fsp3) is 0.286. The molecule has 2 fully saturated rings. The lowest BCUT2D eigenvalue weighted by molar-refractivity contribution is 0.0390. The topological polar surface area (TPSA) is 35.5 Å². The van der Waals surface area contributed by atoms with Crippen molar-refractivity contribution in [2.75, 3.05) is 0 Å². The van der Waals surface area contributed by atoms with Crippen LogP contribution in [0.2, 0.25) is 0 Å². The highest BCUT2D eigenvalue weighted by molar-refractivity contribution is 5.85. The number of carbonyl (C=O) groups is 1. The first kappa shape index (κ1) is 15.0. The van der Waals surface area contributed by atoms with Crippen LogP contribution in [0.15, 0.2) is 66.4 Å². The minimum Gasteiger partial charge on any atom is -0.419 e. The third-order valence-electron chi connectivity index (χ3n) is 4.89. The molecule has 0 unspecified atom stereocenters. The Morgan fingerprint density at radius 1 is 0.792 bits per heavy atom. The predicted molar refractivity (Wildman–Crippen MR) is 92.3 cm³/mol. The van der Waals surface area contributed by atoms with Gasteiger partial charge in [0.05, 0.1) is 0 Å². The van der Waals surface area contributed by atoms with Crippen molar-refractivity contribution in [2.45, 2.75) is 37.7 Å². The molecule has 4 rings (SSSR count).